The summed E-state index contributed by atoms with van der Waals surface area (Å²) >= 11 is 17.7. The van der Waals surface area contributed by atoms with Gasteiger partial charge in [-0.15, -0.1) is 0 Å². The highest BCUT2D eigenvalue weighted by Gasteiger charge is 2.06. The van der Waals surface area contributed by atoms with Crippen molar-refractivity contribution in [3.63, 3.8) is 0 Å². The SMILES string of the molecule is Oc1ccc(Cl)cc1C=Nc1ccc(Oc2ncc(Cl)cc2Cl)cc1. The van der Waals surface area contributed by atoms with Crippen LogP contribution in [0, 0.1) is 0 Å². The molecule has 0 aliphatic heterocycles. The van der Waals surface area contributed by atoms with E-state index in [0.717, 1.165) is 0 Å². The van der Waals surface area contributed by atoms with Crippen LogP contribution in [-0.2, 0) is 0 Å². The minimum Gasteiger partial charge on any atom is -0.507 e. The van der Waals surface area contributed by atoms with Crippen LogP contribution >= 0.6 is 34.8 Å². The number of halogens is 3. The van der Waals surface area contributed by atoms with Gasteiger partial charge in [0.25, 0.3) is 0 Å². The molecule has 3 rings (SSSR count). The first kappa shape index (κ1) is 17.5. The summed E-state index contributed by atoms with van der Waals surface area (Å²) < 4.78 is 5.61. The molecule has 126 valence electrons. The Morgan fingerprint density at radius 3 is 2.44 bits per heavy atom. The molecule has 0 aliphatic rings. The zero-order valence-corrected chi connectivity index (χ0v) is 14.9. The van der Waals surface area contributed by atoms with Crippen LogP contribution in [0.25, 0.3) is 0 Å². The number of hydrogen-bond acceptors (Lipinski definition) is 4. The van der Waals surface area contributed by atoms with Gasteiger partial charge in [0.2, 0.25) is 5.88 Å². The van der Waals surface area contributed by atoms with Crippen molar-refractivity contribution in [2.75, 3.05) is 0 Å². The zero-order valence-electron chi connectivity index (χ0n) is 12.7. The van der Waals surface area contributed by atoms with Gasteiger partial charge in [0.1, 0.15) is 16.5 Å². The molecule has 0 unspecified atom stereocenters. The molecule has 0 fully saturated rings. The second kappa shape index (κ2) is 7.74. The Morgan fingerprint density at radius 1 is 0.960 bits per heavy atom. The first-order valence-electron chi connectivity index (χ1n) is 7.13. The summed E-state index contributed by atoms with van der Waals surface area (Å²) in [6.45, 7) is 0. The van der Waals surface area contributed by atoms with Gasteiger partial charge in [-0.25, -0.2) is 4.98 Å². The zero-order chi connectivity index (χ0) is 17.8. The fourth-order valence-corrected chi connectivity index (χ4v) is 2.56. The first-order valence-corrected chi connectivity index (χ1v) is 8.26. The van der Waals surface area contributed by atoms with Crippen molar-refractivity contribution >= 4 is 46.7 Å². The number of rotatable bonds is 4. The van der Waals surface area contributed by atoms with Crippen molar-refractivity contribution in [3.05, 3.63) is 75.4 Å². The fraction of sp³-hybridized carbons (Fsp3) is 0. The van der Waals surface area contributed by atoms with E-state index < -0.39 is 0 Å². The molecule has 1 heterocycles. The molecule has 4 nitrogen and oxygen atoms in total. The van der Waals surface area contributed by atoms with E-state index in [1.165, 1.54) is 18.5 Å². The molecule has 0 atom stereocenters. The van der Waals surface area contributed by atoms with E-state index >= 15 is 0 Å². The van der Waals surface area contributed by atoms with E-state index in [0.29, 0.717) is 32.1 Å². The summed E-state index contributed by atoms with van der Waals surface area (Å²) in [5.41, 5.74) is 1.21. The van der Waals surface area contributed by atoms with Crippen LogP contribution in [0.3, 0.4) is 0 Å². The molecule has 0 bridgehead atoms. The Bertz CT molecular complexity index is 928. The lowest BCUT2D eigenvalue weighted by atomic mass is 10.2. The average Bonchev–Trinajstić information content (AvgIpc) is 2.59. The Kier molecular flexibility index (Phi) is 5.43. The largest absolute Gasteiger partial charge is 0.507 e. The van der Waals surface area contributed by atoms with E-state index in [1.807, 2.05) is 0 Å². The van der Waals surface area contributed by atoms with Crippen LogP contribution < -0.4 is 4.74 Å². The lowest BCUT2D eigenvalue weighted by molar-refractivity contribution is 0.463. The predicted octanol–water partition coefficient (Wildman–Crippen LogP) is 6.29. The molecular formula is C18H11Cl3N2O2. The normalized spacial score (nSPS) is 11.0. The van der Waals surface area contributed by atoms with Gasteiger partial charge in [-0.3, -0.25) is 4.99 Å². The highest BCUT2D eigenvalue weighted by molar-refractivity contribution is 6.35. The van der Waals surface area contributed by atoms with Crippen molar-refractivity contribution in [3.8, 4) is 17.4 Å². The number of benzene rings is 2. The second-order valence-electron chi connectivity index (χ2n) is 5.00. The quantitative estimate of drug-likeness (QED) is 0.530. The second-order valence-corrected chi connectivity index (χ2v) is 6.28. The van der Waals surface area contributed by atoms with Crippen LogP contribution in [0.5, 0.6) is 17.4 Å². The Balaban J connectivity index is 1.74. The lowest BCUT2D eigenvalue weighted by Crippen LogP contribution is -1.88. The van der Waals surface area contributed by atoms with Crippen LogP contribution in [0.4, 0.5) is 5.69 Å². The van der Waals surface area contributed by atoms with Gasteiger partial charge in [-0.2, -0.15) is 0 Å². The third-order valence-electron chi connectivity index (χ3n) is 3.17. The summed E-state index contributed by atoms with van der Waals surface area (Å²) in [4.78, 5) is 8.33. The van der Waals surface area contributed by atoms with E-state index in [1.54, 1.807) is 42.5 Å². The smallest absolute Gasteiger partial charge is 0.238 e. The summed E-state index contributed by atoms with van der Waals surface area (Å²) in [6.07, 6.45) is 2.99. The van der Waals surface area contributed by atoms with Crippen LogP contribution in [0.2, 0.25) is 15.1 Å². The lowest BCUT2D eigenvalue weighted by Gasteiger charge is -2.06. The minimum atomic E-state index is 0.108. The van der Waals surface area contributed by atoms with Gasteiger partial charge < -0.3 is 9.84 Å². The molecule has 0 saturated heterocycles. The average molecular weight is 394 g/mol. The third kappa shape index (κ3) is 4.63. The summed E-state index contributed by atoms with van der Waals surface area (Å²) in [7, 11) is 0. The highest BCUT2D eigenvalue weighted by Crippen LogP contribution is 2.30. The molecule has 3 aromatic rings. The number of ether oxygens (including phenoxy) is 1. The molecule has 25 heavy (non-hydrogen) atoms. The molecule has 7 heteroatoms. The van der Waals surface area contributed by atoms with Gasteiger partial charge in [0.05, 0.1) is 10.7 Å². The Hall–Kier alpha value is -2.27. The van der Waals surface area contributed by atoms with Crippen molar-refractivity contribution in [1.29, 1.82) is 0 Å². The maximum absolute atomic E-state index is 9.77. The molecule has 2 aromatic carbocycles. The van der Waals surface area contributed by atoms with E-state index in [2.05, 4.69) is 9.98 Å². The number of phenolic OH excluding ortho intramolecular Hbond substituents is 1. The van der Waals surface area contributed by atoms with Crippen molar-refractivity contribution < 1.29 is 9.84 Å². The fourth-order valence-electron chi connectivity index (χ4n) is 1.96. The summed E-state index contributed by atoms with van der Waals surface area (Å²) in [5, 5.41) is 11.1. The number of pyridine rings is 1. The van der Waals surface area contributed by atoms with Gasteiger partial charge in [0.15, 0.2) is 0 Å². The van der Waals surface area contributed by atoms with Crippen molar-refractivity contribution in [2.24, 2.45) is 4.99 Å². The molecule has 0 radical (unpaired) electrons. The molecule has 0 aliphatic carbocycles. The predicted molar refractivity (Wildman–Crippen MR) is 101 cm³/mol. The molecular weight excluding hydrogens is 383 g/mol. The van der Waals surface area contributed by atoms with Crippen LogP contribution in [0.1, 0.15) is 5.56 Å². The molecule has 0 amide bonds. The van der Waals surface area contributed by atoms with Gasteiger partial charge in [0, 0.05) is 23.0 Å². The molecule has 1 aromatic heterocycles. The number of aliphatic imine (C=N–C) groups is 1. The number of nitrogens with zero attached hydrogens (tertiary/aromatic N) is 2. The first-order chi connectivity index (χ1) is 12.0. The maximum Gasteiger partial charge on any atom is 0.238 e. The summed E-state index contributed by atoms with van der Waals surface area (Å²) in [6, 6.07) is 13.3. The van der Waals surface area contributed by atoms with Gasteiger partial charge in [-0.1, -0.05) is 34.8 Å². The standard InChI is InChI=1S/C18H11Cl3N2O2/c19-12-1-6-17(24)11(7-12)9-22-14-2-4-15(5-3-14)25-18-16(21)8-13(20)10-23-18/h1-10,24H. The maximum atomic E-state index is 9.77. The number of hydrogen-bond donors (Lipinski definition) is 1. The van der Waals surface area contributed by atoms with Crippen molar-refractivity contribution in [2.45, 2.75) is 0 Å². The molecule has 1 N–H and O–H groups in total. The van der Waals surface area contributed by atoms with Crippen molar-refractivity contribution in [1.82, 2.24) is 4.98 Å². The van der Waals surface area contributed by atoms with E-state index in [-0.39, 0.29) is 11.6 Å². The monoisotopic (exact) mass is 392 g/mol. The van der Waals surface area contributed by atoms with Gasteiger partial charge in [-0.05, 0) is 48.5 Å². The number of aromatic hydroxyl groups is 1. The Labute approximate surface area is 159 Å². The molecule has 0 saturated carbocycles. The number of aromatic nitrogens is 1. The molecule has 0 spiro atoms. The number of phenols is 1. The van der Waals surface area contributed by atoms with E-state index in [9.17, 15) is 5.11 Å². The minimum absolute atomic E-state index is 0.108. The van der Waals surface area contributed by atoms with Crippen LogP contribution in [-0.4, -0.2) is 16.3 Å². The van der Waals surface area contributed by atoms with Gasteiger partial charge >= 0.3 is 0 Å². The summed E-state index contributed by atoms with van der Waals surface area (Å²) in [5.74, 6) is 0.934. The Morgan fingerprint density at radius 2 is 1.72 bits per heavy atom. The van der Waals surface area contributed by atoms with E-state index in [4.69, 9.17) is 39.5 Å². The topological polar surface area (TPSA) is 54.7 Å². The highest BCUT2D eigenvalue weighted by atomic mass is 35.5. The van der Waals surface area contributed by atoms with Crippen LogP contribution in [0.15, 0.2) is 59.7 Å². The third-order valence-corrected chi connectivity index (χ3v) is 3.88.